The van der Waals surface area contributed by atoms with E-state index in [1.54, 1.807) is 11.0 Å². The van der Waals surface area contributed by atoms with E-state index < -0.39 is 23.4 Å². The molecule has 1 rings (SSSR count). The number of aliphatic hydroxyl groups excluding tert-OH is 1. The Bertz CT molecular complexity index is 363. The first kappa shape index (κ1) is 17.1. The summed E-state index contributed by atoms with van der Waals surface area (Å²) in [6.45, 7) is 12.1. The fourth-order valence-electron chi connectivity index (χ4n) is 2.66. The molecule has 2 N–H and O–H groups in total. The number of carboxylic acid groups (broad SMARTS) is 1. The number of nitrogens with zero attached hydrogens (tertiary/aromatic N) is 1. The number of ether oxygens (including phenoxy) is 1. The van der Waals surface area contributed by atoms with Crippen molar-refractivity contribution in [3.8, 4) is 0 Å². The zero-order valence-corrected chi connectivity index (χ0v) is 12.9. The maximum atomic E-state index is 11.7. The second-order valence-corrected chi connectivity index (χ2v) is 6.62. The Morgan fingerprint density at radius 1 is 1.50 bits per heavy atom. The van der Waals surface area contributed by atoms with E-state index in [0.717, 1.165) is 6.42 Å². The molecule has 3 atom stereocenters. The first-order valence-corrected chi connectivity index (χ1v) is 7.08. The molecule has 1 saturated heterocycles. The molecule has 20 heavy (non-hydrogen) atoms. The lowest BCUT2D eigenvalue weighted by Crippen LogP contribution is -2.55. The van der Waals surface area contributed by atoms with E-state index in [1.807, 2.05) is 27.7 Å². The Hall–Kier alpha value is -0.910. The molecule has 1 aliphatic heterocycles. The summed E-state index contributed by atoms with van der Waals surface area (Å²) >= 11 is 0. The minimum atomic E-state index is -1.08. The van der Waals surface area contributed by atoms with Gasteiger partial charge < -0.3 is 14.9 Å². The number of aliphatic carboxylic acids is 1. The summed E-state index contributed by atoms with van der Waals surface area (Å²) in [5.41, 5.74) is -1.38. The van der Waals surface area contributed by atoms with Gasteiger partial charge in [-0.1, -0.05) is 13.0 Å². The SMILES string of the molecule is C=CC(C)C1(C(=O)O)CCCN(C(O)OC(C)(C)C)C1. The van der Waals surface area contributed by atoms with Gasteiger partial charge in [0.2, 0.25) is 6.41 Å². The van der Waals surface area contributed by atoms with Crippen LogP contribution in [0.15, 0.2) is 12.7 Å². The van der Waals surface area contributed by atoms with Crippen molar-refractivity contribution in [3.05, 3.63) is 12.7 Å². The summed E-state index contributed by atoms with van der Waals surface area (Å²) < 4.78 is 5.53. The molecule has 1 aliphatic rings. The average molecular weight is 285 g/mol. The molecule has 0 aromatic rings. The van der Waals surface area contributed by atoms with Crippen LogP contribution in [0.4, 0.5) is 0 Å². The fourth-order valence-corrected chi connectivity index (χ4v) is 2.66. The van der Waals surface area contributed by atoms with Gasteiger partial charge in [0.1, 0.15) is 0 Å². The standard InChI is InChI=1S/C15H27NO4/c1-6-11(2)15(12(17)18)8-7-9-16(10-15)13(19)20-14(3,4)5/h6,11,13,19H,1,7-10H2,2-5H3,(H,17,18). The first-order valence-electron chi connectivity index (χ1n) is 7.08. The van der Waals surface area contributed by atoms with Gasteiger partial charge in [-0.15, -0.1) is 6.58 Å². The van der Waals surface area contributed by atoms with E-state index in [4.69, 9.17) is 4.74 Å². The minimum absolute atomic E-state index is 0.162. The van der Waals surface area contributed by atoms with Crippen molar-refractivity contribution in [1.82, 2.24) is 4.90 Å². The number of carboxylic acids is 1. The number of carbonyl (C=O) groups is 1. The lowest BCUT2D eigenvalue weighted by Gasteiger charge is -2.44. The number of rotatable bonds is 5. The Morgan fingerprint density at radius 2 is 2.10 bits per heavy atom. The van der Waals surface area contributed by atoms with E-state index in [9.17, 15) is 15.0 Å². The Kier molecular flexibility index (Phi) is 5.35. The van der Waals surface area contributed by atoms with E-state index in [-0.39, 0.29) is 12.5 Å². The Morgan fingerprint density at radius 3 is 2.55 bits per heavy atom. The lowest BCUT2D eigenvalue weighted by atomic mass is 9.70. The summed E-state index contributed by atoms with van der Waals surface area (Å²) in [5, 5.41) is 19.8. The van der Waals surface area contributed by atoms with Crippen LogP contribution in [0, 0.1) is 11.3 Å². The van der Waals surface area contributed by atoms with Crippen LogP contribution in [0.1, 0.15) is 40.5 Å². The molecule has 1 heterocycles. The van der Waals surface area contributed by atoms with Crippen molar-refractivity contribution in [2.75, 3.05) is 13.1 Å². The highest BCUT2D eigenvalue weighted by atomic mass is 16.6. The summed E-state index contributed by atoms with van der Waals surface area (Å²) in [6, 6.07) is 0. The van der Waals surface area contributed by atoms with Crippen molar-refractivity contribution in [2.45, 2.75) is 52.6 Å². The van der Waals surface area contributed by atoms with Crippen LogP contribution in [-0.2, 0) is 9.53 Å². The molecule has 5 heteroatoms. The van der Waals surface area contributed by atoms with Crippen molar-refractivity contribution in [2.24, 2.45) is 11.3 Å². The van der Waals surface area contributed by atoms with E-state index in [2.05, 4.69) is 6.58 Å². The molecule has 0 spiro atoms. The largest absolute Gasteiger partial charge is 0.481 e. The van der Waals surface area contributed by atoms with Crippen LogP contribution in [0.25, 0.3) is 0 Å². The molecule has 3 unspecified atom stereocenters. The molecular formula is C15H27NO4. The number of hydrogen-bond acceptors (Lipinski definition) is 4. The van der Waals surface area contributed by atoms with Gasteiger partial charge >= 0.3 is 5.97 Å². The quantitative estimate of drug-likeness (QED) is 0.598. The number of piperidine rings is 1. The fraction of sp³-hybridized carbons (Fsp3) is 0.800. The number of likely N-dealkylation sites (tertiary alicyclic amines) is 1. The second kappa shape index (κ2) is 6.24. The van der Waals surface area contributed by atoms with Crippen LogP contribution in [-0.4, -0.2) is 46.2 Å². The molecular weight excluding hydrogens is 258 g/mol. The molecule has 0 radical (unpaired) electrons. The minimum Gasteiger partial charge on any atom is -0.481 e. The van der Waals surface area contributed by atoms with Crippen LogP contribution in [0.2, 0.25) is 0 Å². The van der Waals surface area contributed by atoms with E-state index in [0.29, 0.717) is 13.0 Å². The maximum absolute atomic E-state index is 11.7. The van der Waals surface area contributed by atoms with Crippen LogP contribution in [0.5, 0.6) is 0 Å². The van der Waals surface area contributed by atoms with Gasteiger partial charge in [0, 0.05) is 13.1 Å². The summed E-state index contributed by atoms with van der Waals surface area (Å²) in [4.78, 5) is 13.4. The van der Waals surface area contributed by atoms with Gasteiger partial charge in [-0.25, -0.2) is 0 Å². The summed E-state index contributed by atoms with van der Waals surface area (Å²) in [6.07, 6.45) is 1.91. The summed E-state index contributed by atoms with van der Waals surface area (Å²) in [7, 11) is 0. The predicted octanol–water partition coefficient (Wildman–Crippen LogP) is 2.07. The van der Waals surface area contributed by atoms with Crippen LogP contribution in [0.3, 0.4) is 0 Å². The predicted molar refractivity (Wildman–Crippen MR) is 77.1 cm³/mol. The molecule has 116 valence electrons. The third kappa shape index (κ3) is 3.81. The van der Waals surface area contributed by atoms with Crippen molar-refractivity contribution in [1.29, 1.82) is 0 Å². The summed E-state index contributed by atoms with van der Waals surface area (Å²) in [5.74, 6) is -0.998. The molecule has 5 nitrogen and oxygen atoms in total. The van der Waals surface area contributed by atoms with Crippen LogP contribution < -0.4 is 0 Å². The molecule has 0 aromatic carbocycles. The average Bonchev–Trinajstić information content (AvgIpc) is 2.35. The zero-order valence-electron chi connectivity index (χ0n) is 12.9. The third-order valence-corrected chi connectivity index (χ3v) is 3.98. The van der Waals surface area contributed by atoms with Gasteiger partial charge in [0.25, 0.3) is 0 Å². The maximum Gasteiger partial charge on any atom is 0.311 e. The molecule has 1 fully saturated rings. The zero-order chi connectivity index (χ0) is 15.6. The highest BCUT2D eigenvalue weighted by Gasteiger charge is 2.47. The Labute approximate surface area is 121 Å². The molecule has 0 aliphatic carbocycles. The normalized spacial score (nSPS) is 27.9. The smallest absolute Gasteiger partial charge is 0.311 e. The van der Waals surface area contributed by atoms with Crippen molar-refractivity contribution in [3.63, 3.8) is 0 Å². The molecule has 0 bridgehead atoms. The number of aliphatic hydroxyl groups is 1. The number of allylic oxidation sites excluding steroid dienone is 1. The van der Waals surface area contributed by atoms with E-state index >= 15 is 0 Å². The van der Waals surface area contributed by atoms with Gasteiger partial charge in [0.05, 0.1) is 11.0 Å². The molecule has 0 saturated carbocycles. The number of hydrogen-bond donors (Lipinski definition) is 2. The molecule has 0 aromatic heterocycles. The lowest BCUT2D eigenvalue weighted by molar-refractivity contribution is -0.251. The monoisotopic (exact) mass is 285 g/mol. The van der Waals surface area contributed by atoms with Gasteiger partial charge in [-0.05, 0) is 39.5 Å². The first-order chi connectivity index (χ1) is 9.12. The van der Waals surface area contributed by atoms with Crippen molar-refractivity contribution < 1.29 is 19.7 Å². The Balaban J connectivity index is 2.88. The van der Waals surface area contributed by atoms with E-state index in [1.165, 1.54) is 0 Å². The molecule has 0 amide bonds. The van der Waals surface area contributed by atoms with Crippen molar-refractivity contribution >= 4 is 5.97 Å². The van der Waals surface area contributed by atoms with Gasteiger partial charge in [-0.3, -0.25) is 9.69 Å². The second-order valence-electron chi connectivity index (χ2n) is 6.62. The van der Waals surface area contributed by atoms with Crippen LogP contribution >= 0.6 is 0 Å². The van der Waals surface area contributed by atoms with Gasteiger partial charge in [-0.2, -0.15) is 0 Å². The van der Waals surface area contributed by atoms with Gasteiger partial charge in [0.15, 0.2) is 0 Å². The highest BCUT2D eigenvalue weighted by molar-refractivity contribution is 5.76. The topological polar surface area (TPSA) is 70.0 Å². The third-order valence-electron chi connectivity index (χ3n) is 3.98. The highest BCUT2D eigenvalue weighted by Crippen LogP contribution is 2.39.